The van der Waals surface area contributed by atoms with Gasteiger partial charge in [0.15, 0.2) is 0 Å². The second-order valence-corrected chi connectivity index (χ2v) is 5.91. The van der Waals surface area contributed by atoms with E-state index in [1.807, 2.05) is 27.0 Å². The quantitative estimate of drug-likeness (QED) is 0.892. The lowest BCUT2D eigenvalue weighted by molar-refractivity contribution is 0.121. The van der Waals surface area contributed by atoms with Crippen molar-refractivity contribution in [3.8, 4) is 0 Å². The molecule has 0 spiro atoms. The van der Waals surface area contributed by atoms with Crippen molar-refractivity contribution in [1.29, 1.82) is 0 Å². The van der Waals surface area contributed by atoms with Crippen molar-refractivity contribution in [2.45, 2.75) is 46.5 Å². The van der Waals surface area contributed by atoms with E-state index in [0.717, 1.165) is 22.5 Å². The predicted octanol–water partition coefficient (Wildman–Crippen LogP) is 3.37. The van der Waals surface area contributed by atoms with E-state index in [-0.39, 0.29) is 0 Å². The number of nitrogen functional groups attached to an aromatic ring is 1. The van der Waals surface area contributed by atoms with Crippen LogP contribution < -0.4 is 5.73 Å². The molecule has 1 aliphatic heterocycles. The molecule has 0 atom stereocenters. The van der Waals surface area contributed by atoms with Gasteiger partial charge in [0.05, 0.1) is 5.39 Å². The molecule has 1 aliphatic carbocycles. The van der Waals surface area contributed by atoms with E-state index in [0.29, 0.717) is 5.82 Å². The molecular formula is C17H29N5. The fourth-order valence-corrected chi connectivity index (χ4v) is 2.75. The molecule has 22 heavy (non-hydrogen) atoms. The number of H-pyrrole nitrogens is 1. The third kappa shape index (κ3) is 3.97. The third-order valence-electron chi connectivity index (χ3n) is 4.39. The van der Waals surface area contributed by atoms with Gasteiger partial charge in [-0.2, -0.15) is 0 Å². The molecule has 1 saturated carbocycles. The van der Waals surface area contributed by atoms with Gasteiger partial charge in [0.2, 0.25) is 0 Å². The Balaban J connectivity index is 0.000000146. The summed E-state index contributed by atoms with van der Waals surface area (Å²) >= 11 is 0. The lowest BCUT2D eigenvalue weighted by Crippen LogP contribution is -2.41. The van der Waals surface area contributed by atoms with Crippen molar-refractivity contribution >= 4 is 16.9 Å². The Morgan fingerprint density at radius 3 is 2.45 bits per heavy atom. The van der Waals surface area contributed by atoms with Crippen LogP contribution in [0.15, 0.2) is 12.5 Å². The molecule has 1 saturated heterocycles. The lowest BCUT2D eigenvalue weighted by atomic mass is 9.84. The molecular weight excluding hydrogens is 274 g/mol. The van der Waals surface area contributed by atoms with E-state index in [1.54, 1.807) is 0 Å². The van der Waals surface area contributed by atoms with Crippen molar-refractivity contribution in [1.82, 2.24) is 19.9 Å². The number of likely N-dealkylation sites (tertiary alicyclic amines) is 1. The SMILES string of the molecule is C1CC(CN2CCC2)C1.CC.Cc1c[nH]c2ncnc(N)c12. The van der Waals surface area contributed by atoms with Crippen LogP contribution in [-0.4, -0.2) is 39.5 Å². The molecule has 2 aliphatic rings. The molecule has 122 valence electrons. The number of fused-ring (bicyclic) bond motifs is 1. The first-order valence-corrected chi connectivity index (χ1v) is 8.50. The van der Waals surface area contributed by atoms with Crippen LogP contribution in [0.5, 0.6) is 0 Å². The van der Waals surface area contributed by atoms with Crippen LogP contribution in [0, 0.1) is 12.8 Å². The number of hydrogen-bond acceptors (Lipinski definition) is 4. The highest BCUT2D eigenvalue weighted by Gasteiger charge is 2.23. The standard InChI is InChI=1S/C8H15N.C7H8N4.C2H6/c1-3-8(4-1)7-9-5-2-6-9;1-4-2-9-7-5(4)6(8)10-3-11-7;1-2/h8H,1-7H2;2-3H,1H3,(H3,8,9,10,11);1-2H3. The first-order valence-electron chi connectivity index (χ1n) is 8.50. The van der Waals surface area contributed by atoms with Crippen LogP contribution in [-0.2, 0) is 0 Å². The zero-order chi connectivity index (χ0) is 15.9. The summed E-state index contributed by atoms with van der Waals surface area (Å²) < 4.78 is 0. The molecule has 0 radical (unpaired) electrons. The van der Waals surface area contributed by atoms with Gasteiger partial charge in [0.1, 0.15) is 17.8 Å². The van der Waals surface area contributed by atoms with Gasteiger partial charge in [-0.3, -0.25) is 0 Å². The van der Waals surface area contributed by atoms with Gasteiger partial charge in [-0.05, 0) is 50.8 Å². The zero-order valence-electron chi connectivity index (χ0n) is 14.1. The summed E-state index contributed by atoms with van der Waals surface area (Å²) in [4.78, 5) is 13.5. The van der Waals surface area contributed by atoms with Crippen LogP contribution >= 0.6 is 0 Å². The highest BCUT2D eigenvalue weighted by Crippen LogP contribution is 2.28. The first kappa shape index (κ1) is 16.7. The summed E-state index contributed by atoms with van der Waals surface area (Å²) in [5.74, 6) is 1.62. The van der Waals surface area contributed by atoms with Gasteiger partial charge in [0.25, 0.3) is 0 Å². The molecule has 0 unspecified atom stereocenters. The van der Waals surface area contributed by atoms with Crippen LogP contribution in [0.1, 0.15) is 45.1 Å². The summed E-state index contributed by atoms with van der Waals surface area (Å²) in [7, 11) is 0. The van der Waals surface area contributed by atoms with Gasteiger partial charge in [-0.15, -0.1) is 0 Å². The molecule has 0 aromatic carbocycles. The molecule has 0 bridgehead atoms. The summed E-state index contributed by atoms with van der Waals surface area (Å²) in [6.07, 6.45) is 9.29. The second kappa shape index (κ2) is 8.13. The minimum atomic E-state index is 0.536. The van der Waals surface area contributed by atoms with Crippen LogP contribution in [0.4, 0.5) is 5.82 Å². The smallest absolute Gasteiger partial charge is 0.143 e. The van der Waals surface area contributed by atoms with Crippen molar-refractivity contribution < 1.29 is 0 Å². The maximum Gasteiger partial charge on any atom is 0.143 e. The van der Waals surface area contributed by atoms with E-state index in [2.05, 4.69) is 19.9 Å². The average molecular weight is 303 g/mol. The molecule has 2 aromatic rings. The van der Waals surface area contributed by atoms with E-state index >= 15 is 0 Å². The third-order valence-corrected chi connectivity index (χ3v) is 4.39. The van der Waals surface area contributed by atoms with Gasteiger partial charge < -0.3 is 15.6 Å². The van der Waals surface area contributed by atoms with Gasteiger partial charge in [0, 0.05) is 12.7 Å². The summed E-state index contributed by atoms with van der Waals surface area (Å²) in [5, 5.41) is 0.924. The topological polar surface area (TPSA) is 70.8 Å². The minimum Gasteiger partial charge on any atom is -0.383 e. The van der Waals surface area contributed by atoms with E-state index < -0.39 is 0 Å². The van der Waals surface area contributed by atoms with Crippen molar-refractivity contribution in [2.75, 3.05) is 25.4 Å². The van der Waals surface area contributed by atoms with E-state index in [9.17, 15) is 0 Å². The Kier molecular flexibility index (Phi) is 6.19. The lowest BCUT2D eigenvalue weighted by Gasteiger charge is -2.37. The van der Waals surface area contributed by atoms with Gasteiger partial charge in [-0.1, -0.05) is 20.3 Å². The normalized spacial score (nSPS) is 17.6. The number of anilines is 1. The van der Waals surface area contributed by atoms with Crippen LogP contribution in [0.3, 0.4) is 0 Å². The number of aromatic nitrogens is 3. The van der Waals surface area contributed by atoms with Crippen molar-refractivity contribution in [2.24, 2.45) is 5.92 Å². The van der Waals surface area contributed by atoms with Crippen LogP contribution in [0.25, 0.3) is 11.0 Å². The number of nitrogens with one attached hydrogen (secondary N) is 1. The van der Waals surface area contributed by atoms with E-state index in [1.165, 1.54) is 51.6 Å². The minimum absolute atomic E-state index is 0.536. The molecule has 3 heterocycles. The van der Waals surface area contributed by atoms with Gasteiger partial charge in [-0.25, -0.2) is 9.97 Å². The highest BCUT2D eigenvalue weighted by molar-refractivity contribution is 5.88. The number of hydrogen-bond donors (Lipinski definition) is 2. The Bertz CT molecular complexity index is 557. The number of nitrogens with zero attached hydrogens (tertiary/aromatic N) is 3. The largest absolute Gasteiger partial charge is 0.383 e. The number of rotatable bonds is 2. The Morgan fingerprint density at radius 1 is 1.23 bits per heavy atom. The summed E-state index contributed by atoms with van der Waals surface area (Å²) in [5.41, 5.74) is 7.51. The fourth-order valence-electron chi connectivity index (χ4n) is 2.75. The molecule has 3 N–H and O–H groups in total. The summed E-state index contributed by atoms with van der Waals surface area (Å²) in [6, 6.07) is 0. The molecule has 2 fully saturated rings. The molecule has 4 rings (SSSR count). The Hall–Kier alpha value is -1.62. The van der Waals surface area contributed by atoms with E-state index in [4.69, 9.17) is 5.73 Å². The molecule has 5 nitrogen and oxygen atoms in total. The monoisotopic (exact) mass is 303 g/mol. The zero-order valence-corrected chi connectivity index (χ0v) is 14.1. The van der Waals surface area contributed by atoms with Crippen molar-refractivity contribution in [3.63, 3.8) is 0 Å². The van der Waals surface area contributed by atoms with Gasteiger partial charge >= 0.3 is 0 Å². The number of aromatic amines is 1. The average Bonchev–Trinajstić information content (AvgIpc) is 2.82. The molecule has 0 amide bonds. The summed E-state index contributed by atoms with van der Waals surface area (Å²) in [6.45, 7) is 10.2. The molecule has 5 heteroatoms. The number of nitrogens with two attached hydrogens (primary N) is 1. The Labute approximate surface area is 133 Å². The maximum atomic E-state index is 5.63. The fraction of sp³-hybridized carbons (Fsp3) is 0.647. The van der Waals surface area contributed by atoms with Crippen molar-refractivity contribution in [3.05, 3.63) is 18.1 Å². The first-order chi connectivity index (χ1) is 10.7. The predicted molar refractivity (Wildman–Crippen MR) is 92.8 cm³/mol. The maximum absolute atomic E-state index is 5.63. The number of aryl methyl sites for hydroxylation is 1. The molecule has 2 aromatic heterocycles. The highest BCUT2D eigenvalue weighted by atomic mass is 15.2. The second-order valence-electron chi connectivity index (χ2n) is 5.91. The Morgan fingerprint density at radius 2 is 1.95 bits per heavy atom. The van der Waals surface area contributed by atoms with Crippen LogP contribution in [0.2, 0.25) is 0 Å².